The van der Waals surface area contributed by atoms with Crippen LogP contribution in [0.4, 0.5) is 112 Å². The number of alkyl halides is 6. The van der Waals surface area contributed by atoms with Crippen LogP contribution in [-0.4, -0.2) is 122 Å². The molecule has 17 aromatic rings. The molecular weight excluding hydrogens is 1880 g/mol. The first-order valence-corrected chi connectivity index (χ1v) is 48.9. The Kier molecular flexibility index (Phi) is 30.4. The fourth-order valence-electron chi connectivity index (χ4n) is 12.7. The predicted molar refractivity (Wildman–Crippen MR) is 528 cm³/mol. The van der Waals surface area contributed by atoms with Gasteiger partial charge in [-0.2, -0.15) is 42.1 Å². The van der Waals surface area contributed by atoms with Crippen molar-refractivity contribution in [3.8, 4) is 80.1 Å². The molecule has 32 nitrogen and oxygen atoms in total. The van der Waals surface area contributed by atoms with Crippen molar-refractivity contribution in [1.82, 2.24) is 45.5 Å². The van der Waals surface area contributed by atoms with Gasteiger partial charge in [0.05, 0.1) is 83.0 Å². The third-order valence-electron chi connectivity index (χ3n) is 18.9. The molecule has 3 atom stereocenters. The van der Waals surface area contributed by atoms with Crippen molar-refractivity contribution >= 4 is 150 Å². The summed E-state index contributed by atoms with van der Waals surface area (Å²) in [6, 6.07) is 77.7. The summed E-state index contributed by atoms with van der Waals surface area (Å²) in [6.45, 7) is 0.602. The molecule has 7 heterocycles. The minimum atomic E-state index is -4.42. The number of nitrogens with zero attached hydrogens (tertiary/aromatic N) is 12. The highest BCUT2D eigenvalue weighted by molar-refractivity contribution is 8.01. The van der Waals surface area contributed by atoms with Crippen molar-refractivity contribution in [2.75, 3.05) is 70.8 Å². The second kappa shape index (κ2) is 43.3. The number of sulfonamides is 1. The Labute approximate surface area is 791 Å². The van der Waals surface area contributed by atoms with Gasteiger partial charge in [-0.05, 0) is 186 Å². The molecule has 0 fully saturated rings. The lowest BCUT2D eigenvalue weighted by Gasteiger charge is -2.10. The van der Waals surface area contributed by atoms with Crippen molar-refractivity contribution in [1.29, 1.82) is 10.5 Å². The largest absolute Gasteiger partial charge is 0.423 e. The Morgan fingerprint density at radius 3 is 1.08 bits per heavy atom. The fraction of sp³-hybridized carbons (Fsp3) is 0.0729. The number of halogens is 7. The number of nitrogens with one attached hydrogen (secondary N) is 10. The topological polar surface area (TPSA) is 451 Å². The molecule has 0 radical (unpaired) electrons. The molecule has 1 aliphatic heterocycles. The molecule has 10 N–H and O–H groups in total. The fourth-order valence-corrected chi connectivity index (χ4v) is 15.8. The molecule has 0 spiro atoms. The summed E-state index contributed by atoms with van der Waals surface area (Å²) in [7, 11) is -10.8. The normalized spacial score (nSPS) is 12.8. The zero-order chi connectivity index (χ0) is 98.5. The molecule has 706 valence electrons. The van der Waals surface area contributed by atoms with Gasteiger partial charge in [0.25, 0.3) is 30.1 Å². The smallest absolute Gasteiger partial charge is 0.416 e. The highest BCUT2D eigenvalue weighted by Crippen LogP contribution is 2.37. The summed E-state index contributed by atoms with van der Waals surface area (Å²) in [4.78, 5) is 29.1. The number of nitriles is 2. The summed E-state index contributed by atoms with van der Waals surface area (Å²) < 4.78 is 189. The van der Waals surface area contributed by atoms with E-state index < -0.39 is 68.4 Å². The number of oxazole rings is 5. The maximum absolute atomic E-state index is 13.7. The van der Waals surface area contributed by atoms with Crippen LogP contribution in [-0.2, 0) is 57.3 Å². The molecule has 11 aromatic carbocycles. The van der Waals surface area contributed by atoms with Crippen LogP contribution in [0.5, 0.6) is 0 Å². The molecule has 0 saturated heterocycles. The van der Waals surface area contributed by atoms with Gasteiger partial charge in [0.1, 0.15) is 18.2 Å². The quantitative estimate of drug-likeness (QED) is 0.0169. The lowest BCUT2D eigenvalue weighted by atomic mass is 10.1. The minimum Gasteiger partial charge on any atom is -0.423 e. The third kappa shape index (κ3) is 29.1. The number of H-pyrrole nitrogens is 1. The number of aromatic amines is 1. The first-order valence-electron chi connectivity index (χ1n) is 40.8. The van der Waals surface area contributed by atoms with Crippen LogP contribution < -0.4 is 45.5 Å². The summed E-state index contributed by atoms with van der Waals surface area (Å²) in [5, 5.41) is 46.6. The van der Waals surface area contributed by atoms with Gasteiger partial charge in [0, 0.05) is 127 Å². The summed E-state index contributed by atoms with van der Waals surface area (Å²) in [6.07, 6.45) is 4.86. The highest BCUT2D eigenvalue weighted by Gasteiger charge is 2.32. The number of aliphatic imine (C=N–C) groups is 2. The van der Waals surface area contributed by atoms with Crippen LogP contribution in [0.1, 0.15) is 33.4 Å². The number of hydrogen-bond acceptors (Lipinski definition) is 27. The maximum Gasteiger partial charge on any atom is 0.416 e. The van der Waals surface area contributed by atoms with Crippen molar-refractivity contribution in [2.45, 2.75) is 18.1 Å². The van der Waals surface area contributed by atoms with Crippen molar-refractivity contribution < 1.29 is 73.9 Å². The number of hydrogen-bond donors (Lipinski definition) is 10. The van der Waals surface area contributed by atoms with E-state index in [0.717, 1.165) is 63.6 Å². The zero-order valence-electron chi connectivity index (χ0n) is 73.1. The third-order valence-corrected chi connectivity index (χ3v) is 22.1. The first kappa shape index (κ1) is 97.6. The van der Waals surface area contributed by atoms with Gasteiger partial charge in [0.15, 0.2) is 28.8 Å². The molecule has 1 aliphatic rings. The van der Waals surface area contributed by atoms with Crippen LogP contribution >= 0.6 is 0 Å². The van der Waals surface area contributed by atoms with E-state index in [2.05, 4.69) is 125 Å². The molecule has 18 rings (SSSR count). The second-order valence-corrected chi connectivity index (χ2v) is 38.7. The van der Waals surface area contributed by atoms with Gasteiger partial charge in [-0.3, -0.25) is 9.71 Å². The van der Waals surface area contributed by atoms with Gasteiger partial charge in [-0.15, -0.1) is 10.2 Å². The number of tetrazole rings is 1. The first-order chi connectivity index (χ1) is 66.4. The molecular formula is C96H79F7N22O10S4. The van der Waals surface area contributed by atoms with E-state index in [1.165, 1.54) is 73.8 Å². The lowest BCUT2D eigenvalue weighted by molar-refractivity contribution is -0.138. The zero-order valence-corrected chi connectivity index (χ0v) is 76.4. The molecule has 6 aromatic heterocycles. The van der Waals surface area contributed by atoms with Gasteiger partial charge in [-0.1, -0.05) is 115 Å². The molecule has 139 heavy (non-hydrogen) atoms. The number of aromatic nitrogens is 9. The van der Waals surface area contributed by atoms with Gasteiger partial charge in [0.2, 0.25) is 15.8 Å². The van der Waals surface area contributed by atoms with Crippen LogP contribution in [0.15, 0.2) is 330 Å². The Morgan fingerprint density at radius 2 is 0.734 bits per heavy atom. The van der Waals surface area contributed by atoms with E-state index >= 15 is 0 Å². The Balaban J connectivity index is 0.000000139. The van der Waals surface area contributed by atoms with Crippen LogP contribution in [0, 0.1) is 28.5 Å². The lowest BCUT2D eigenvalue weighted by Crippen LogP contribution is -2.15. The molecule has 43 heteroatoms. The van der Waals surface area contributed by atoms with Gasteiger partial charge < -0.3 is 62.8 Å². The van der Waals surface area contributed by atoms with Crippen LogP contribution in [0.3, 0.4) is 0 Å². The summed E-state index contributed by atoms with van der Waals surface area (Å²) in [5.41, 5.74) is 11.4. The standard InChI is InChI=1S/C23H18F3N3O3S.C19H13N5O.C18H16F3N3O2S.C18H15FN4O2S.C18H17N7O2S/c24-23(25,26)18-11-9-17(10-12-18)21-14-27-22(32-21)28-19-7-4-8-20(13-19)29-33(30,31)15-16-5-2-1-3-6-16;20-9-13-4-6-14(7-5-13)18-11-22-19(25-18)24-16-3-1-2-15(8-16)17-10-21-12-23-17;1-27(2,25)24-15-5-3-4-14(10-15)23-17-22-11-16(26-17)12-6-8-13(9-7-12)18(19,20)21;1-26(2,24)23-15-5-3-4-14(9-15)22-18-21-11-17(25-18)12-6-7-13(10-20)16(19)8-12;1-28(2,26)23-15-5-3-4-14(10-15)20-18-19-11-16(27-18)12-6-8-13(9-7-12)17-21-24-25-22-17/h1-14,29H,15H2,(H,27,28);1-8,11-12H,10H2,(H,22,24);3-11H,1H2,2H3,(H,22,23)(H,24,25);3-9,11H,1H2,2H3,(H,21,22)(H,23,24);3-11H,1H2,2H3,(H,19,20)(H,23,26)(H,21,22,24,25). The van der Waals surface area contributed by atoms with Gasteiger partial charge in [-0.25, -0.2) is 55.3 Å². The maximum atomic E-state index is 13.7. The minimum absolute atomic E-state index is 0.0335. The predicted octanol–water partition coefficient (Wildman–Crippen LogP) is 21.3. The SMILES string of the molecule is C=S(C)(=O)Nc1cccc(Nc2ncc(-c3ccc(-c4nn[nH]n4)cc3)o2)c1.C=S(C)(=O)Nc1cccc(Nc2ncc(-c3ccc(C#N)c(F)c3)o2)c1.C=S(C)(=O)Nc1cccc(Nc2ncc(-c3ccc(C(F)(F)F)cc3)o2)c1.N#Cc1ccc(-c2cnc(Nc3cccc(C4=NC=NC4)c3)o2)cc1.O=S(=O)(Cc1ccccc1)Nc1cccc(Nc2ncc(-c3ccc(C(F)(F)F)cc3)o2)c1. The number of benzene rings is 11. The second-order valence-electron chi connectivity index (χ2n) is 30.3. The van der Waals surface area contributed by atoms with E-state index in [1.54, 1.807) is 146 Å². The van der Waals surface area contributed by atoms with E-state index in [-0.39, 0.29) is 35.1 Å². The average Bonchev–Trinajstić information content (AvgIpc) is 1.76. The van der Waals surface area contributed by atoms with E-state index in [0.29, 0.717) is 115 Å². The summed E-state index contributed by atoms with van der Waals surface area (Å²) in [5.74, 6) is 12.6. The number of anilines is 14. The van der Waals surface area contributed by atoms with E-state index in [1.807, 2.05) is 84.9 Å². The monoisotopic (exact) mass is 1960 g/mol. The van der Waals surface area contributed by atoms with E-state index in [9.17, 15) is 51.8 Å². The molecule has 0 amide bonds. The van der Waals surface area contributed by atoms with E-state index in [4.69, 9.17) is 32.6 Å². The number of rotatable bonds is 27. The Hall–Kier alpha value is -17.4. The van der Waals surface area contributed by atoms with Crippen molar-refractivity contribution in [2.24, 2.45) is 9.98 Å². The van der Waals surface area contributed by atoms with Crippen molar-refractivity contribution in [3.63, 3.8) is 0 Å². The van der Waals surface area contributed by atoms with Gasteiger partial charge >= 0.3 is 12.4 Å². The average molecular weight is 1960 g/mol. The van der Waals surface area contributed by atoms with Crippen molar-refractivity contribution in [3.05, 3.63) is 337 Å². The molecule has 0 saturated carbocycles. The highest BCUT2D eigenvalue weighted by atomic mass is 32.2. The Morgan fingerprint density at radius 1 is 0.388 bits per heavy atom. The van der Waals surface area contributed by atoms with Crippen LogP contribution in [0.2, 0.25) is 0 Å². The molecule has 0 bridgehead atoms. The van der Waals surface area contributed by atoms with Crippen LogP contribution in [0.25, 0.3) is 68.0 Å². The molecule has 3 unspecified atom stereocenters. The molecule has 0 aliphatic carbocycles. The Bertz CT molecular complexity index is 7810. The summed E-state index contributed by atoms with van der Waals surface area (Å²) >= 11 is 0.